The van der Waals surface area contributed by atoms with E-state index in [2.05, 4.69) is 10.3 Å². The smallest absolute Gasteiger partial charge is 0.247 e. The van der Waals surface area contributed by atoms with Crippen LogP contribution < -0.4 is 5.32 Å². The van der Waals surface area contributed by atoms with Gasteiger partial charge in [0.25, 0.3) is 0 Å². The summed E-state index contributed by atoms with van der Waals surface area (Å²) >= 11 is 0. The van der Waals surface area contributed by atoms with Crippen LogP contribution in [0.25, 0.3) is 0 Å². The molecule has 2 amide bonds. The summed E-state index contributed by atoms with van der Waals surface area (Å²) in [7, 11) is 0. The normalized spacial score (nSPS) is 16.0. The van der Waals surface area contributed by atoms with E-state index in [0.29, 0.717) is 24.6 Å². The van der Waals surface area contributed by atoms with Gasteiger partial charge >= 0.3 is 0 Å². The Kier molecular flexibility index (Phi) is 4.93. The van der Waals surface area contributed by atoms with Gasteiger partial charge in [-0.3, -0.25) is 9.59 Å². The highest BCUT2D eigenvalue weighted by Gasteiger charge is 2.32. The highest BCUT2D eigenvalue weighted by molar-refractivity contribution is 5.89. The molecule has 3 rings (SSSR count). The van der Waals surface area contributed by atoms with Crippen molar-refractivity contribution in [3.8, 4) is 0 Å². The maximum absolute atomic E-state index is 12.8. The molecule has 126 valence electrons. The minimum atomic E-state index is -0.616. The third-order valence-corrected chi connectivity index (χ3v) is 4.12. The van der Waals surface area contributed by atoms with Gasteiger partial charge in [0, 0.05) is 13.0 Å². The van der Waals surface area contributed by atoms with Gasteiger partial charge in [-0.25, -0.2) is 4.98 Å². The van der Waals surface area contributed by atoms with E-state index >= 15 is 0 Å². The predicted molar refractivity (Wildman–Crippen MR) is 87.8 cm³/mol. The standard InChI is InChI=1S/C18H21N3O3/c1-13-11-19-15(24-13)12-20-18(23)17(14-7-3-2-4-8-14)21-10-6-5-9-16(21)22/h2-4,7-8,11,17H,5-6,9-10,12H2,1H3,(H,20,23)/t17-/m1/s1. The molecule has 2 aromatic rings. The number of oxazole rings is 1. The number of hydrogen-bond acceptors (Lipinski definition) is 4. The molecule has 1 fully saturated rings. The fourth-order valence-electron chi connectivity index (χ4n) is 2.95. The number of aryl methyl sites for hydroxylation is 1. The lowest BCUT2D eigenvalue weighted by molar-refractivity contribution is -0.142. The molecule has 0 aliphatic carbocycles. The number of nitrogens with zero attached hydrogens (tertiary/aromatic N) is 2. The van der Waals surface area contributed by atoms with Gasteiger partial charge in [0.15, 0.2) is 0 Å². The predicted octanol–water partition coefficient (Wildman–Crippen LogP) is 2.35. The number of benzene rings is 1. The molecule has 0 radical (unpaired) electrons. The zero-order valence-corrected chi connectivity index (χ0v) is 13.7. The van der Waals surface area contributed by atoms with Crippen LogP contribution in [0.4, 0.5) is 0 Å². The maximum Gasteiger partial charge on any atom is 0.247 e. The Balaban J connectivity index is 1.78. The molecule has 0 saturated carbocycles. The molecule has 1 aromatic heterocycles. The van der Waals surface area contributed by atoms with Crippen molar-refractivity contribution in [2.45, 2.75) is 38.8 Å². The van der Waals surface area contributed by atoms with E-state index < -0.39 is 6.04 Å². The van der Waals surface area contributed by atoms with Crippen LogP contribution in [0.2, 0.25) is 0 Å². The Labute approximate surface area is 140 Å². The summed E-state index contributed by atoms with van der Waals surface area (Å²) < 4.78 is 5.38. The first-order chi connectivity index (χ1) is 11.6. The Morgan fingerprint density at radius 1 is 1.33 bits per heavy atom. The summed E-state index contributed by atoms with van der Waals surface area (Å²) in [6, 6.07) is 8.78. The van der Waals surface area contributed by atoms with E-state index in [0.717, 1.165) is 18.4 Å². The molecule has 1 atom stereocenters. The van der Waals surface area contributed by atoms with Gasteiger partial charge in [-0.15, -0.1) is 0 Å². The van der Waals surface area contributed by atoms with E-state index in [4.69, 9.17) is 4.42 Å². The lowest BCUT2D eigenvalue weighted by Gasteiger charge is -2.34. The second-order valence-corrected chi connectivity index (χ2v) is 5.94. The van der Waals surface area contributed by atoms with Crippen molar-refractivity contribution in [2.75, 3.05) is 6.54 Å². The highest BCUT2D eigenvalue weighted by Crippen LogP contribution is 2.25. The SMILES string of the molecule is Cc1cnc(CNC(=O)[C@@H](c2ccccc2)N2CCCCC2=O)o1. The van der Waals surface area contributed by atoms with Crippen LogP contribution in [-0.2, 0) is 16.1 Å². The lowest BCUT2D eigenvalue weighted by Crippen LogP contribution is -2.45. The van der Waals surface area contributed by atoms with Crippen LogP contribution in [-0.4, -0.2) is 28.2 Å². The molecule has 1 aromatic carbocycles. The Hall–Kier alpha value is -2.63. The van der Waals surface area contributed by atoms with Crippen molar-refractivity contribution in [3.05, 3.63) is 53.7 Å². The minimum Gasteiger partial charge on any atom is -0.444 e. The monoisotopic (exact) mass is 327 g/mol. The number of aromatic nitrogens is 1. The second kappa shape index (κ2) is 7.29. The number of piperidine rings is 1. The van der Waals surface area contributed by atoms with E-state index in [9.17, 15) is 9.59 Å². The molecule has 0 spiro atoms. The topological polar surface area (TPSA) is 75.4 Å². The summed E-state index contributed by atoms with van der Waals surface area (Å²) in [5, 5.41) is 2.84. The van der Waals surface area contributed by atoms with Crippen LogP contribution in [0.5, 0.6) is 0 Å². The van der Waals surface area contributed by atoms with Crippen LogP contribution in [0.3, 0.4) is 0 Å². The third kappa shape index (κ3) is 3.64. The number of carbonyl (C=O) groups is 2. The zero-order valence-electron chi connectivity index (χ0n) is 13.7. The summed E-state index contributed by atoms with van der Waals surface area (Å²) in [6.45, 7) is 2.61. The number of amides is 2. The molecule has 6 nitrogen and oxygen atoms in total. The number of carbonyl (C=O) groups excluding carboxylic acids is 2. The van der Waals surface area contributed by atoms with Crippen LogP contribution in [0.1, 0.15) is 42.5 Å². The number of likely N-dealkylation sites (tertiary alicyclic amines) is 1. The van der Waals surface area contributed by atoms with Crippen molar-refractivity contribution in [1.82, 2.24) is 15.2 Å². The van der Waals surface area contributed by atoms with Gasteiger partial charge < -0.3 is 14.6 Å². The molecular weight excluding hydrogens is 306 g/mol. The quantitative estimate of drug-likeness (QED) is 0.914. The van der Waals surface area contributed by atoms with Gasteiger partial charge in [-0.2, -0.15) is 0 Å². The van der Waals surface area contributed by atoms with Gasteiger partial charge in [-0.1, -0.05) is 30.3 Å². The van der Waals surface area contributed by atoms with Crippen LogP contribution in [0.15, 0.2) is 40.9 Å². The van der Waals surface area contributed by atoms with E-state index in [1.165, 1.54) is 0 Å². The largest absolute Gasteiger partial charge is 0.444 e. The van der Waals surface area contributed by atoms with Gasteiger partial charge in [0.2, 0.25) is 17.7 Å². The second-order valence-electron chi connectivity index (χ2n) is 5.94. The molecule has 0 unspecified atom stereocenters. The summed E-state index contributed by atoms with van der Waals surface area (Å²) in [6.07, 6.45) is 3.91. The van der Waals surface area contributed by atoms with E-state index in [-0.39, 0.29) is 18.4 Å². The van der Waals surface area contributed by atoms with Crippen LogP contribution >= 0.6 is 0 Å². The van der Waals surface area contributed by atoms with Crippen molar-refractivity contribution in [1.29, 1.82) is 0 Å². The average Bonchev–Trinajstić information content (AvgIpc) is 3.01. The molecule has 2 heterocycles. The van der Waals surface area contributed by atoms with Crippen molar-refractivity contribution < 1.29 is 14.0 Å². The zero-order chi connectivity index (χ0) is 16.9. The number of hydrogen-bond donors (Lipinski definition) is 1. The van der Waals surface area contributed by atoms with Gasteiger partial charge in [-0.05, 0) is 25.3 Å². The average molecular weight is 327 g/mol. The summed E-state index contributed by atoms with van der Waals surface area (Å²) in [5.74, 6) is 0.965. The first-order valence-corrected chi connectivity index (χ1v) is 8.18. The molecule has 6 heteroatoms. The first kappa shape index (κ1) is 16.2. The van der Waals surface area contributed by atoms with E-state index in [1.54, 1.807) is 18.0 Å². The van der Waals surface area contributed by atoms with E-state index in [1.807, 2.05) is 30.3 Å². The Bertz CT molecular complexity index is 711. The summed E-state index contributed by atoms with van der Waals surface area (Å²) in [5.41, 5.74) is 0.814. The molecule has 1 aliphatic heterocycles. The highest BCUT2D eigenvalue weighted by atomic mass is 16.4. The van der Waals surface area contributed by atoms with Gasteiger partial charge in [0.05, 0.1) is 12.7 Å². The molecule has 1 aliphatic rings. The molecule has 1 saturated heterocycles. The van der Waals surface area contributed by atoms with Crippen molar-refractivity contribution in [2.24, 2.45) is 0 Å². The van der Waals surface area contributed by atoms with Crippen molar-refractivity contribution in [3.63, 3.8) is 0 Å². The molecular formula is C18H21N3O3. The summed E-state index contributed by atoms with van der Waals surface area (Å²) in [4.78, 5) is 30.9. The third-order valence-electron chi connectivity index (χ3n) is 4.12. The first-order valence-electron chi connectivity index (χ1n) is 8.18. The Morgan fingerprint density at radius 2 is 2.12 bits per heavy atom. The molecule has 24 heavy (non-hydrogen) atoms. The maximum atomic E-state index is 12.8. The van der Waals surface area contributed by atoms with Crippen LogP contribution in [0, 0.1) is 6.92 Å². The molecule has 1 N–H and O–H groups in total. The minimum absolute atomic E-state index is 0.0252. The lowest BCUT2D eigenvalue weighted by atomic mass is 10.0. The fourth-order valence-corrected chi connectivity index (χ4v) is 2.95. The molecule has 0 bridgehead atoms. The number of nitrogens with one attached hydrogen (secondary N) is 1. The fraction of sp³-hybridized carbons (Fsp3) is 0.389. The Morgan fingerprint density at radius 3 is 2.79 bits per heavy atom. The van der Waals surface area contributed by atoms with Crippen molar-refractivity contribution >= 4 is 11.8 Å². The van der Waals surface area contributed by atoms with Gasteiger partial charge in [0.1, 0.15) is 11.8 Å². The number of rotatable bonds is 5.